The molecule has 0 nitrogen and oxygen atoms in total. The minimum Gasteiger partial charge on any atom is -0.207 e. The normalized spacial score (nSPS) is 27.0. The van der Waals surface area contributed by atoms with Crippen LogP contribution >= 0.6 is 0 Å². The van der Waals surface area contributed by atoms with Crippen molar-refractivity contribution in [1.82, 2.24) is 0 Å². The van der Waals surface area contributed by atoms with Crippen LogP contribution in [0.1, 0.15) is 81.3 Å². The van der Waals surface area contributed by atoms with Crippen molar-refractivity contribution in [3.05, 3.63) is 34.9 Å². The van der Waals surface area contributed by atoms with Gasteiger partial charge in [-0.3, -0.25) is 0 Å². The van der Waals surface area contributed by atoms with E-state index in [0.717, 1.165) is 30.2 Å². The van der Waals surface area contributed by atoms with Gasteiger partial charge in [0.15, 0.2) is 0 Å². The van der Waals surface area contributed by atoms with E-state index in [0.29, 0.717) is 5.92 Å². The molecule has 0 radical (unpaired) electrons. The molecular weight excluding hydrogens is 278 g/mol. The first-order valence-electron chi connectivity index (χ1n) is 9.09. The van der Waals surface area contributed by atoms with Crippen molar-refractivity contribution in [1.29, 1.82) is 0 Å². The Morgan fingerprint density at radius 3 is 1.95 bits per heavy atom. The first-order chi connectivity index (χ1) is 10.6. The smallest absolute Gasteiger partial charge is 0.129 e. The fraction of sp³-hybridized carbons (Fsp3) is 0.700. The number of hydrogen-bond acceptors (Lipinski definition) is 0. The summed E-state index contributed by atoms with van der Waals surface area (Å²) in [4.78, 5) is 0. The monoisotopic (exact) mass is 306 g/mol. The highest BCUT2D eigenvalue weighted by Crippen LogP contribution is 2.40. The minimum absolute atomic E-state index is 0.148. The summed E-state index contributed by atoms with van der Waals surface area (Å²) in [7, 11) is 0. The van der Waals surface area contributed by atoms with Gasteiger partial charge in [-0.1, -0.05) is 32.1 Å². The van der Waals surface area contributed by atoms with Crippen molar-refractivity contribution in [2.24, 2.45) is 11.8 Å². The lowest BCUT2D eigenvalue weighted by atomic mass is 9.73. The first-order valence-corrected chi connectivity index (χ1v) is 9.09. The molecule has 2 fully saturated rings. The summed E-state index contributed by atoms with van der Waals surface area (Å²) >= 11 is 0. The summed E-state index contributed by atoms with van der Waals surface area (Å²) < 4.78 is 27.5. The Hall–Kier alpha value is -0.920. The van der Waals surface area contributed by atoms with Gasteiger partial charge in [0.25, 0.3) is 0 Å². The summed E-state index contributed by atoms with van der Waals surface area (Å²) in [5, 5.41) is 0. The molecule has 2 saturated carbocycles. The SMILES string of the molecule is Cc1c(F)cc(C2CCC(CC3CCCCC3)CC2)cc1F. The Morgan fingerprint density at radius 1 is 0.818 bits per heavy atom. The summed E-state index contributed by atoms with van der Waals surface area (Å²) in [5.41, 5.74) is 1.02. The quantitative estimate of drug-likeness (QED) is 0.596. The van der Waals surface area contributed by atoms with Gasteiger partial charge in [-0.25, -0.2) is 8.78 Å². The van der Waals surface area contributed by atoms with E-state index < -0.39 is 0 Å². The van der Waals surface area contributed by atoms with Crippen LogP contribution in [0.5, 0.6) is 0 Å². The zero-order chi connectivity index (χ0) is 15.5. The van der Waals surface area contributed by atoms with Crippen molar-refractivity contribution < 1.29 is 8.78 Å². The van der Waals surface area contributed by atoms with Crippen LogP contribution in [0.25, 0.3) is 0 Å². The van der Waals surface area contributed by atoms with E-state index in [1.165, 1.54) is 58.3 Å². The van der Waals surface area contributed by atoms with Crippen LogP contribution < -0.4 is 0 Å². The van der Waals surface area contributed by atoms with Crippen LogP contribution in [0.15, 0.2) is 12.1 Å². The standard InChI is InChI=1S/C20H28F2/c1-14-19(21)12-18(13-20(14)22)17-9-7-16(8-10-17)11-15-5-3-2-4-6-15/h12-13,15-17H,2-11H2,1H3. The van der Waals surface area contributed by atoms with E-state index in [4.69, 9.17) is 0 Å². The fourth-order valence-electron chi connectivity index (χ4n) is 4.53. The molecule has 2 aliphatic rings. The Balaban J connectivity index is 1.55. The lowest BCUT2D eigenvalue weighted by Crippen LogP contribution is -2.18. The lowest BCUT2D eigenvalue weighted by Gasteiger charge is -2.32. The molecule has 1 aromatic rings. The van der Waals surface area contributed by atoms with Gasteiger partial charge in [0.2, 0.25) is 0 Å². The van der Waals surface area contributed by atoms with Crippen LogP contribution in [-0.2, 0) is 0 Å². The van der Waals surface area contributed by atoms with Crippen LogP contribution in [0.4, 0.5) is 8.78 Å². The molecule has 0 bridgehead atoms. The van der Waals surface area contributed by atoms with E-state index in [1.54, 1.807) is 12.1 Å². The Labute approximate surface area is 133 Å². The maximum Gasteiger partial charge on any atom is 0.129 e. The highest BCUT2D eigenvalue weighted by atomic mass is 19.1. The molecule has 0 spiro atoms. The molecule has 1 aromatic carbocycles. The Kier molecular flexibility index (Phi) is 5.15. The van der Waals surface area contributed by atoms with Gasteiger partial charge in [0.1, 0.15) is 11.6 Å². The Bertz CT molecular complexity index is 471. The van der Waals surface area contributed by atoms with Gasteiger partial charge in [0.05, 0.1) is 0 Å². The molecule has 2 heteroatoms. The largest absolute Gasteiger partial charge is 0.207 e. The van der Waals surface area contributed by atoms with E-state index in [-0.39, 0.29) is 17.2 Å². The molecule has 0 saturated heterocycles. The van der Waals surface area contributed by atoms with E-state index in [1.807, 2.05) is 0 Å². The van der Waals surface area contributed by atoms with Gasteiger partial charge in [-0.2, -0.15) is 0 Å². The predicted molar refractivity (Wildman–Crippen MR) is 87.0 cm³/mol. The van der Waals surface area contributed by atoms with Crippen LogP contribution in [0.2, 0.25) is 0 Å². The number of halogens is 2. The van der Waals surface area contributed by atoms with E-state index in [2.05, 4.69) is 0 Å². The minimum atomic E-state index is -0.390. The second-order valence-electron chi connectivity index (χ2n) is 7.57. The third-order valence-electron chi connectivity index (χ3n) is 6.01. The van der Waals surface area contributed by atoms with Gasteiger partial charge < -0.3 is 0 Å². The molecule has 0 unspecified atom stereocenters. The summed E-state index contributed by atoms with van der Waals surface area (Å²) in [6.07, 6.45) is 13.2. The summed E-state index contributed by atoms with van der Waals surface area (Å²) in [5.74, 6) is 1.37. The number of benzene rings is 1. The average molecular weight is 306 g/mol. The molecule has 122 valence electrons. The van der Waals surface area contributed by atoms with Crippen molar-refractivity contribution in [2.75, 3.05) is 0 Å². The lowest BCUT2D eigenvalue weighted by molar-refractivity contribution is 0.233. The average Bonchev–Trinajstić information content (AvgIpc) is 2.54. The second kappa shape index (κ2) is 7.10. The van der Waals surface area contributed by atoms with E-state index in [9.17, 15) is 8.78 Å². The molecular formula is C20H28F2. The molecule has 0 amide bonds. The fourth-order valence-corrected chi connectivity index (χ4v) is 4.53. The Morgan fingerprint density at radius 2 is 1.36 bits per heavy atom. The van der Waals surface area contributed by atoms with Gasteiger partial charge in [-0.05, 0) is 74.5 Å². The van der Waals surface area contributed by atoms with Crippen LogP contribution in [-0.4, -0.2) is 0 Å². The maximum absolute atomic E-state index is 13.7. The topological polar surface area (TPSA) is 0 Å². The molecule has 3 rings (SSSR count). The summed E-state index contributed by atoms with van der Waals surface area (Å²) in [6, 6.07) is 3.12. The maximum atomic E-state index is 13.7. The molecule has 0 aliphatic heterocycles. The molecule has 2 aliphatic carbocycles. The highest BCUT2D eigenvalue weighted by Gasteiger charge is 2.26. The molecule has 0 aromatic heterocycles. The molecule has 0 heterocycles. The molecule has 0 N–H and O–H groups in total. The summed E-state index contributed by atoms with van der Waals surface area (Å²) in [6.45, 7) is 1.51. The highest BCUT2D eigenvalue weighted by molar-refractivity contribution is 5.28. The van der Waals surface area contributed by atoms with E-state index >= 15 is 0 Å². The van der Waals surface area contributed by atoms with Crippen LogP contribution in [0.3, 0.4) is 0 Å². The van der Waals surface area contributed by atoms with Crippen molar-refractivity contribution in [3.8, 4) is 0 Å². The first kappa shape index (κ1) is 16.0. The van der Waals surface area contributed by atoms with Crippen molar-refractivity contribution in [2.45, 2.75) is 77.0 Å². The van der Waals surface area contributed by atoms with Gasteiger partial charge in [-0.15, -0.1) is 0 Å². The predicted octanol–water partition coefficient (Wildman–Crippen LogP) is 6.52. The van der Waals surface area contributed by atoms with Crippen molar-refractivity contribution in [3.63, 3.8) is 0 Å². The third-order valence-corrected chi connectivity index (χ3v) is 6.01. The third kappa shape index (κ3) is 3.70. The number of rotatable bonds is 3. The van der Waals surface area contributed by atoms with Crippen LogP contribution in [0, 0.1) is 30.4 Å². The molecule has 0 atom stereocenters. The van der Waals surface area contributed by atoms with Crippen molar-refractivity contribution >= 4 is 0 Å². The number of hydrogen-bond donors (Lipinski definition) is 0. The van der Waals surface area contributed by atoms with Gasteiger partial charge >= 0.3 is 0 Å². The zero-order valence-corrected chi connectivity index (χ0v) is 13.7. The molecule has 22 heavy (non-hydrogen) atoms. The zero-order valence-electron chi connectivity index (χ0n) is 13.7. The van der Waals surface area contributed by atoms with Gasteiger partial charge in [0, 0.05) is 5.56 Å². The second-order valence-corrected chi connectivity index (χ2v) is 7.57.